The first-order valence-electron chi connectivity index (χ1n) is 10.5. The van der Waals surface area contributed by atoms with E-state index in [-0.39, 0.29) is 23.0 Å². The van der Waals surface area contributed by atoms with Crippen molar-refractivity contribution in [1.29, 1.82) is 0 Å². The molecule has 7 heteroatoms. The highest BCUT2D eigenvalue weighted by molar-refractivity contribution is 8.00. The monoisotopic (exact) mass is 460 g/mol. The Labute approximate surface area is 192 Å². The zero-order valence-corrected chi connectivity index (χ0v) is 18.8. The van der Waals surface area contributed by atoms with Gasteiger partial charge in [0, 0.05) is 41.4 Å². The molecule has 31 heavy (non-hydrogen) atoms. The number of benzene rings is 2. The van der Waals surface area contributed by atoms with Gasteiger partial charge in [-0.05, 0) is 42.3 Å². The van der Waals surface area contributed by atoms with Crippen LogP contribution in [0.1, 0.15) is 12.0 Å². The topological polar surface area (TPSA) is 32.8 Å². The van der Waals surface area contributed by atoms with Crippen LogP contribution in [0.4, 0.5) is 4.39 Å². The zero-order chi connectivity index (χ0) is 21.6. The lowest BCUT2D eigenvalue weighted by Gasteiger charge is -2.32. The lowest BCUT2D eigenvalue weighted by molar-refractivity contribution is -0.139. The maximum absolute atomic E-state index is 13.3. The van der Waals surface area contributed by atoms with E-state index in [1.807, 2.05) is 41.3 Å². The van der Waals surface area contributed by atoms with E-state index < -0.39 is 0 Å². The fraction of sp³-hybridized carbons (Fsp3) is 0.375. The highest BCUT2D eigenvalue weighted by Crippen LogP contribution is 2.34. The van der Waals surface area contributed by atoms with Crippen LogP contribution in [0.5, 0.6) is 0 Å². The summed E-state index contributed by atoms with van der Waals surface area (Å²) < 4.78 is 18.7. The van der Waals surface area contributed by atoms with E-state index in [9.17, 15) is 9.18 Å². The number of thioether (sulfide) groups is 1. The summed E-state index contributed by atoms with van der Waals surface area (Å²) in [5.74, 6) is -0.0923. The van der Waals surface area contributed by atoms with Crippen LogP contribution < -0.4 is 0 Å². The van der Waals surface area contributed by atoms with Crippen molar-refractivity contribution >= 4 is 35.3 Å². The second-order valence-corrected chi connectivity index (χ2v) is 9.67. The number of nitrogens with zero attached hydrogens (tertiary/aromatic N) is 2. The van der Waals surface area contributed by atoms with E-state index >= 15 is 0 Å². The Hall–Kier alpha value is -1.86. The Balaban J connectivity index is 1.48. The Morgan fingerprint density at radius 3 is 2.55 bits per heavy atom. The van der Waals surface area contributed by atoms with Gasteiger partial charge in [0.25, 0.3) is 0 Å². The fourth-order valence-electron chi connectivity index (χ4n) is 4.05. The van der Waals surface area contributed by atoms with Gasteiger partial charge in [-0.25, -0.2) is 4.39 Å². The summed E-state index contributed by atoms with van der Waals surface area (Å²) >= 11 is 8.30. The minimum absolute atomic E-state index is 0.148. The molecule has 0 aliphatic carbocycles. The Morgan fingerprint density at radius 2 is 1.84 bits per heavy atom. The molecular weight excluding hydrogens is 435 g/mol. The average Bonchev–Trinajstić information content (AvgIpc) is 3.18. The van der Waals surface area contributed by atoms with Crippen LogP contribution in [-0.2, 0) is 9.53 Å². The molecule has 0 radical (unpaired) electrons. The predicted octanol–water partition coefficient (Wildman–Crippen LogP) is 4.50. The van der Waals surface area contributed by atoms with Crippen LogP contribution in [0.3, 0.4) is 0 Å². The lowest BCUT2D eigenvalue weighted by atomic mass is 10.1. The first-order valence-corrected chi connectivity index (χ1v) is 11.8. The first kappa shape index (κ1) is 22.3. The summed E-state index contributed by atoms with van der Waals surface area (Å²) in [6.45, 7) is 3.71. The number of amides is 1. The molecule has 2 fully saturated rings. The van der Waals surface area contributed by atoms with Gasteiger partial charge in [0.2, 0.25) is 5.91 Å². The van der Waals surface area contributed by atoms with Crippen LogP contribution in [0, 0.1) is 5.82 Å². The molecule has 2 aromatic rings. The number of rotatable bonds is 6. The van der Waals surface area contributed by atoms with E-state index in [2.05, 4.69) is 4.90 Å². The molecule has 4 rings (SSSR count). The molecule has 1 amide bonds. The summed E-state index contributed by atoms with van der Waals surface area (Å²) in [5.41, 5.74) is 1.04. The number of halogens is 2. The van der Waals surface area contributed by atoms with Gasteiger partial charge in [-0.1, -0.05) is 41.9 Å². The molecule has 0 saturated carbocycles. The van der Waals surface area contributed by atoms with Gasteiger partial charge in [-0.15, -0.1) is 11.8 Å². The van der Waals surface area contributed by atoms with Gasteiger partial charge in [-0.2, -0.15) is 0 Å². The number of ether oxygens (including phenoxy) is 1. The van der Waals surface area contributed by atoms with E-state index in [1.165, 1.54) is 12.1 Å². The number of hydrogen-bond acceptors (Lipinski definition) is 4. The van der Waals surface area contributed by atoms with Crippen LogP contribution >= 0.6 is 23.4 Å². The SMILES string of the molecule is O=C([C@@H]1C[C@H](Sc2ccc(F)cc2)CN1C/C(Cl)=C/c1ccccc1)N1CCOCC1. The molecule has 0 bridgehead atoms. The smallest absolute Gasteiger partial charge is 0.240 e. The molecule has 0 unspecified atom stereocenters. The largest absolute Gasteiger partial charge is 0.378 e. The van der Waals surface area contributed by atoms with Crippen molar-refractivity contribution in [3.63, 3.8) is 0 Å². The van der Waals surface area contributed by atoms with Crippen molar-refractivity contribution in [3.8, 4) is 0 Å². The molecular formula is C24H26ClFN2O2S. The number of likely N-dealkylation sites (tertiary alicyclic amines) is 1. The van der Waals surface area contributed by atoms with Crippen molar-refractivity contribution < 1.29 is 13.9 Å². The molecule has 164 valence electrons. The number of carbonyl (C=O) groups is 1. The molecule has 2 heterocycles. The van der Waals surface area contributed by atoms with Gasteiger partial charge < -0.3 is 9.64 Å². The Bertz CT molecular complexity index is 904. The Morgan fingerprint density at radius 1 is 1.13 bits per heavy atom. The molecule has 2 saturated heterocycles. The summed E-state index contributed by atoms with van der Waals surface area (Å²) in [7, 11) is 0. The number of hydrogen-bond donors (Lipinski definition) is 0. The molecule has 2 aromatic carbocycles. The highest BCUT2D eigenvalue weighted by Gasteiger charge is 2.39. The molecule has 2 aliphatic heterocycles. The molecule has 0 spiro atoms. The molecule has 2 atom stereocenters. The zero-order valence-electron chi connectivity index (χ0n) is 17.3. The van der Waals surface area contributed by atoms with Crippen LogP contribution in [-0.4, -0.2) is 66.4 Å². The minimum atomic E-state index is -0.240. The van der Waals surface area contributed by atoms with Crippen LogP contribution in [0.15, 0.2) is 64.5 Å². The van der Waals surface area contributed by atoms with Gasteiger partial charge in [0.15, 0.2) is 0 Å². The number of morpholine rings is 1. The van der Waals surface area contributed by atoms with Crippen molar-refractivity contribution in [1.82, 2.24) is 9.80 Å². The second kappa shape index (κ2) is 10.6. The standard InChI is InChI=1S/C24H26ClFN2O2S/c25-19(14-18-4-2-1-3-5-18)16-28-17-22(31-21-8-6-20(26)7-9-21)15-23(28)24(29)27-10-12-30-13-11-27/h1-9,14,22-23H,10-13,15-17H2/b19-14-/t22-,23-/m0/s1. The first-order chi connectivity index (χ1) is 15.1. The normalized spacial score (nSPS) is 22.6. The number of carbonyl (C=O) groups excluding carboxylic acids is 1. The maximum Gasteiger partial charge on any atom is 0.240 e. The van der Waals surface area contributed by atoms with Crippen LogP contribution in [0.2, 0.25) is 0 Å². The maximum atomic E-state index is 13.3. The van der Waals surface area contributed by atoms with Gasteiger partial charge >= 0.3 is 0 Å². The second-order valence-electron chi connectivity index (χ2n) is 7.81. The highest BCUT2D eigenvalue weighted by atomic mass is 35.5. The summed E-state index contributed by atoms with van der Waals surface area (Å²) in [6, 6.07) is 16.3. The average molecular weight is 461 g/mol. The van der Waals surface area contributed by atoms with E-state index in [4.69, 9.17) is 16.3 Å². The third-order valence-corrected chi connectivity index (χ3v) is 7.01. The minimum Gasteiger partial charge on any atom is -0.378 e. The summed E-state index contributed by atoms with van der Waals surface area (Å²) in [4.78, 5) is 18.4. The molecule has 2 aliphatic rings. The van der Waals surface area contributed by atoms with Crippen molar-refractivity contribution in [2.24, 2.45) is 0 Å². The van der Waals surface area contributed by atoms with Gasteiger partial charge in [0.1, 0.15) is 5.82 Å². The fourth-order valence-corrected chi connectivity index (χ4v) is 5.55. The van der Waals surface area contributed by atoms with Gasteiger partial charge in [-0.3, -0.25) is 9.69 Å². The predicted molar refractivity (Wildman–Crippen MR) is 124 cm³/mol. The van der Waals surface area contributed by atoms with Crippen molar-refractivity contribution in [2.45, 2.75) is 22.6 Å². The van der Waals surface area contributed by atoms with Gasteiger partial charge in [0.05, 0.1) is 19.3 Å². The third kappa shape index (κ3) is 6.10. The molecule has 4 nitrogen and oxygen atoms in total. The summed E-state index contributed by atoms with van der Waals surface area (Å²) in [5, 5.41) is 0.944. The van der Waals surface area contributed by atoms with E-state index in [0.717, 1.165) is 23.4 Å². The van der Waals surface area contributed by atoms with Crippen LogP contribution in [0.25, 0.3) is 6.08 Å². The van der Waals surface area contributed by atoms with E-state index in [0.29, 0.717) is 37.9 Å². The quantitative estimate of drug-likeness (QED) is 0.635. The third-order valence-electron chi connectivity index (χ3n) is 5.57. The molecule has 0 aromatic heterocycles. The summed E-state index contributed by atoms with van der Waals surface area (Å²) in [6.07, 6.45) is 2.70. The van der Waals surface area contributed by atoms with E-state index in [1.54, 1.807) is 23.9 Å². The molecule has 0 N–H and O–H groups in total. The van der Waals surface area contributed by atoms with Crippen molar-refractivity contribution in [3.05, 3.63) is 71.0 Å². The lowest BCUT2D eigenvalue weighted by Crippen LogP contribution is -2.49. The van der Waals surface area contributed by atoms with Crippen molar-refractivity contribution in [2.75, 3.05) is 39.4 Å². The Kier molecular flexibility index (Phi) is 7.67.